The van der Waals surface area contributed by atoms with Gasteiger partial charge in [-0.3, -0.25) is 4.79 Å². The van der Waals surface area contributed by atoms with Crippen molar-refractivity contribution >= 4 is 5.91 Å². The number of ether oxygens (including phenoxy) is 1. The third-order valence-electron chi connectivity index (χ3n) is 2.00. The molecule has 0 aliphatic heterocycles. The molecule has 0 aliphatic rings. The lowest BCUT2D eigenvalue weighted by Gasteiger charge is -2.19. The molecule has 0 bridgehead atoms. The molecule has 0 aromatic rings. The first-order valence-corrected chi connectivity index (χ1v) is 5.17. The predicted octanol–water partition coefficient (Wildman–Crippen LogP) is -0.517. The van der Waals surface area contributed by atoms with Gasteiger partial charge < -0.3 is 20.9 Å². The van der Waals surface area contributed by atoms with Crippen LogP contribution in [0.15, 0.2) is 0 Å². The number of carbonyl (C=O) groups is 1. The molecule has 5 nitrogen and oxygen atoms in total. The lowest BCUT2D eigenvalue weighted by atomic mass is 10.0. The van der Waals surface area contributed by atoms with E-state index in [1.54, 1.807) is 0 Å². The van der Waals surface area contributed by atoms with Crippen LogP contribution < -0.4 is 11.1 Å². The molecule has 0 aliphatic carbocycles. The Balaban J connectivity index is 3.98. The Kier molecular flexibility index (Phi) is 7.29. The zero-order chi connectivity index (χ0) is 11.8. The number of amides is 1. The minimum absolute atomic E-state index is 0.145. The third-order valence-corrected chi connectivity index (χ3v) is 2.00. The summed E-state index contributed by atoms with van der Waals surface area (Å²) in [5, 5.41) is 11.6. The van der Waals surface area contributed by atoms with Gasteiger partial charge in [0.05, 0.1) is 25.3 Å². The zero-order valence-electron chi connectivity index (χ0n) is 9.69. The minimum Gasteiger partial charge on any atom is -0.394 e. The Labute approximate surface area is 91.0 Å². The third kappa shape index (κ3) is 6.43. The van der Waals surface area contributed by atoms with Crippen LogP contribution >= 0.6 is 0 Å². The summed E-state index contributed by atoms with van der Waals surface area (Å²) in [5.74, 6) is 0.139. The Bertz CT molecular complexity index is 186. The van der Waals surface area contributed by atoms with Crippen LogP contribution in [0.1, 0.15) is 20.3 Å². The molecule has 0 radical (unpaired) electrons. The van der Waals surface area contributed by atoms with E-state index in [9.17, 15) is 4.79 Å². The van der Waals surface area contributed by atoms with E-state index in [-0.39, 0.29) is 25.2 Å². The fourth-order valence-corrected chi connectivity index (χ4v) is 1.26. The number of aliphatic hydroxyl groups excluding tert-OH is 1. The van der Waals surface area contributed by atoms with Gasteiger partial charge in [-0.1, -0.05) is 13.8 Å². The van der Waals surface area contributed by atoms with Crippen molar-refractivity contribution in [3.8, 4) is 0 Å². The largest absolute Gasteiger partial charge is 0.394 e. The number of nitrogens with one attached hydrogen (secondary N) is 1. The van der Waals surface area contributed by atoms with Crippen molar-refractivity contribution < 1.29 is 14.6 Å². The number of hydrogen-bond donors (Lipinski definition) is 3. The molecule has 1 amide bonds. The molecule has 0 heterocycles. The van der Waals surface area contributed by atoms with E-state index in [2.05, 4.69) is 5.32 Å². The van der Waals surface area contributed by atoms with Gasteiger partial charge in [-0.15, -0.1) is 0 Å². The molecule has 0 saturated carbocycles. The summed E-state index contributed by atoms with van der Waals surface area (Å²) in [5.41, 5.74) is 5.68. The van der Waals surface area contributed by atoms with Gasteiger partial charge in [0.2, 0.25) is 5.91 Å². The summed E-state index contributed by atoms with van der Waals surface area (Å²) in [7, 11) is 1.52. The standard InChI is InChI=1S/C10H22N2O3/c1-7(2)4-9(11)10(14)12-8(5-13)6-15-3/h7-9,13H,4-6,11H2,1-3H3,(H,12,14)/t8?,9-/m0/s1. The number of rotatable bonds is 7. The van der Waals surface area contributed by atoms with Crippen LogP contribution in [0.5, 0.6) is 0 Å². The molecule has 0 rings (SSSR count). The molecule has 5 heteroatoms. The Hall–Kier alpha value is -0.650. The van der Waals surface area contributed by atoms with Crippen molar-refractivity contribution in [3.63, 3.8) is 0 Å². The van der Waals surface area contributed by atoms with Crippen LogP contribution in [-0.2, 0) is 9.53 Å². The van der Waals surface area contributed by atoms with E-state index in [4.69, 9.17) is 15.6 Å². The molecular formula is C10H22N2O3. The monoisotopic (exact) mass is 218 g/mol. The normalized spacial score (nSPS) is 15.1. The van der Waals surface area contributed by atoms with Crippen LogP contribution in [0.4, 0.5) is 0 Å². The zero-order valence-corrected chi connectivity index (χ0v) is 9.69. The Morgan fingerprint density at radius 1 is 1.53 bits per heavy atom. The lowest BCUT2D eigenvalue weighted by molar-refractivity contribution is -0.124. The van der Waals surface area contributed by atoms with Gasteiger partial charge >= 0.3 is 0 Å². The summed E-state index contributed by atoms with van der Waals surface area (Å²) >= 11 is 0. The minimum atomic E-state index is -0.518. The van der Waals surface area contributed by atoms with Crippen molar-refractivity contribution in [1.82, 2.24) is 5.32 Å². The highest BCUT2D eigenvalue weighted by molar-refractivity contribution is 5.81. The highest BCUT2D eigenvalue weighted by Gasteiger charge is 2.18. The first-order chi connectivity index (χ1) is 7.01. The molecule has 0 fully saturated rings. The molecule has 1 unspecified atom stereocenters. The average molecular weight is 218 g/mol. The molecule has 90 valence electrons. The second-order valence-corrected chi connectivity index (χ2v) is 4.08. The Morgan fingerprint density at radius 3 is 2.53 bits per heavy atom. The van der Waals surface area contributed by atoms with E-state index in [1.165, 1.54) is 7.11 Å². The highest BCUT2D eigenvalue weighted by atomic mass is 16.5. The van der Waals surface area contributed by atoms with Gasteiger partial charge in [0.25, 0.3) is 0 Å². The van der Waals surface area contributed by atoms with Crippen molar-refractivity contribution in [2.75, 3.05) is 20.3 Å². The molecule has 2 atom stereocenters. The first kappa shape index (κ1) is 14.3. The highest BCUT2D eigenvalue weighted by Crippen LogP contribution is 2.02. The van der Waals surface area contributed by atoms with Crippen molar-refractivity contribution in [1.29, 1.82) is 0 Å². The molecule has 15 heavy (non-hydrogen) atoms. The van der Waals surface area contributed by atoms with E-state index < -0.39 is 6.04 Å². The molecule has 0 saturated heterocycles. The lowest BCUT2D eigenvalue weighted by Crippen LogP contribution is -2.48. The second-order valence-electron chi connectivity index (χ2n) is 4.08. The van der Waals surface area contributed by atoms with Gasteiger partial charge in [0.15, 0.2) is 0 Å². The summed E-state index contributed by atoms with van der Waals surface area (Å²) in [6.07, 6.45) is 0.636. The average Bonchev–Trinajstić information content (AvgIpc) is 2.15. The SMILES string of the molecule is COCC(CO)NC(=O)[C@@H](N)CC(C)C. The predicted molar refractivity (Wildman–Crippen MR) is 58.3 cm³/mol. The number of nitrogens with two attached hydrogens (primary N) is 1. The van der Waals surface area contributed by atoms with Crippen molar-refractivity contribution in [2.45, 2.75) is 32.4 Å². The molecule has 0 aromatic heterocycles. The van der Waals surface area contributed by atoms with Crippen molar-refractivity contribution in [2.24, 2.45) is 11.7 Å². The molecular weight excluding hydrogens is 196 g/mol. The van der Waals surface area contributed by atoms with E-state index in [0.717, 1.165) is 0 Å². The summed E-state index contributed by atoms with van der Waals surface area (Å²) < 4.78 is 4.84. The van der Waals surface area contributed by atoms with Gasteiger partial charge in [-0.05, 0) is 12.3 Å². The first-order valence-electron chi connectivity index (χ1n) is 5.17. The number of hydrogen-bond acceptors (Lipinski definition) is 4. The fourth-order valence-electron chi connectivity index (χ4n) is 1.26. The van der Waals surface area contributed by atoms with Crippen molar-refractivity contribution in [3.05, 3.63) is 0 Å². The topological polar surface area (TPSA) is 84.6 Å². The van der Waals surface area contributed by atoms with Crippen LogP contribution in [0.3, 0.4) is 0 Å². The summed E-state index contributed by atoms with van der Waals surface area (Å²) in [4.78, 5) is 11.5. The van der Waals surface area contributed by atoms with E-state index >= 15 is 0 Å². The number of aliphatic hydroxyl groups is 1. The van der Waals surface area contributed by atoms with E-state index in [1.807, 2.05) is 13.8 Å². The van der Waals surface area contributed by atoms with Gasteiger partial charge in [0, 0.05) is 7.11 Å². The maximum Gasteiger partial charge on any atom is 0.237 e. The Morgan fingerprint density at radius 2 is 2.13 bits per heavy atom. The van der Waals surface area contributed by atoms with Crippen LogP contribution in [0.25, 0.3) is 0 Å². The number of carbonyl (C=O) groups excluding carboxylic acids is 1. The van der Waals surface area contributed by atoms with E-state index in [0.29, 0.717) is 12.3 Å². The van der Waals surface area contributed by atoms with Crippen LogP contribution in [0, 0.1) is 5.92 Å². The van der Waals surface area contributed by atoms with Gasteiger partial charge in [-0.25, -0.2) is 0 Å². The summed E-state index contributed by atoms with van der Waals surface area (Å²) in [6, 6.07) is -0.892. The summed E-state index contributed by atoms with van der Waals surface area (Å²) in [6.45, 7) is 4.16. The quantitative estimate of drug-likeness (QED) is 0.537. The fraction of sp³-hybridized carbons (Fsp3) is 0.900. The maximum atomic E-state index is 11.5. The second kappa shape index (κ2) is 7.62. The molecule has 0 aromatic carbocycles. The smallest absolute Gasteiger partial charge is 0.237 e. The molecule has 4 N–H and O–H groups in total. The number of methoxy groups -OCH3 is 1. The van der Waals surface area contributed by atoms with Crippen LogP contribution in [-0.4, -0.2) is 43.4 Å². The van der Waals surface area contributed by atoms with Crippen LogP contribution in [0.2, 0.25) is 0 Å². The van der Waals surface area contributed by atoms with Gasteiger partial charge in [-0.2, -0.15) is 0 Å². The van der Waals surface area contributed by atoms with Gasteiger partial charge in [0.1, 0.15) is 0 Å². The maximum absolute atomic E-state index is 11.5. The molecule has 0 spiro atoms.